The first-order valence-corrected chi connectivity index (χ1v) is 10.3. The second-order valence-corrected chi connectivity index (χ2v) is 8.54. The molecule has 2 aliphatic heterocycles. The fourth-order valence-electron chi connectivity index (χ4n) is 3.97. The molecule has 3 rings (SSSR count). The van der Waals surface area contributed by atoms with E-state index in [1.807, 2.05) is 27.0 Å². The minimum atomic E-state index is -0.447. The number of likely N-dealkylation sites (tertiary alicyclic amines) is 1. The van der Waals surface area contributed by atoms with Crippen LogP contribution >= 0.6 is 0 Å². The van der Waals surface area contributed by atoms with Crippen molar-refractivity contribution < 1.29 is 9.53 Å². The molecule has 2 aliphatic rings. The normalized spacial score (nSPS) is 22.0. The number of pyridine rings is 1. The molecule has 0 spiro atoms. The fourth-order valence-corrected chi connectivity index (χ4v) is 3.97. The Bertz CT molecular complexity index is 618. The first-order chi connectivity index (χ1) is 12.9. The zero-order chi connectivity index (χ0) is 19.4. The third kappa shape index (κ3) is 5.12. The van der Waals surface area contributed by atoms with Gasteiger partial charge in [0.25, 0.3) is 0 Å². The largest absolute Gasteiger partial charge is 0.444 e. The lowest BCUT2D eigenvalue weighted by atomic mass is 9.96. The van der Waals surface area contributed by atoms with E-state index in [1.165, 1.54) is 31.4 Å². The standard InChI is InChI=1S/C21H34N4O2/c1-5-23-11-7-6-8-18(23)17-9-10-19(22-16-17)24-12-14-25(15-13-24)20(26)27-21(2,3)4/h9-10,16,18H,5-8,11-15H2,1-4H3/t18-/m0/s1. The van der Waals surface area contributed by atoms with Crippen LogP contribution in [0.25, 0.3) is 0 Å². The maximum Gasteiger partial charge on any atom is 0.410 e. The number of carbonyl (C=O) groups is 1. The van der Waals surface area contributed by atoms with Crippen LogP contribution in [0.4, 0.5) is 10.6 Å². The number of hydrogen-bond acceptors (Lipinski definition) is 5. The molecule has 1 aromatic rings. The summed E-state index contributed by atoms with van der Waals surface area (Å²) in [5.41, 5.74) is 0.879. The van der Waals surface area contributed by atoms with Crippen molar-refractivity contribution in [1.82, 2.24) is 14.8 Å². The van der Waals surface area contributed by atoms with E-state index in [9.17, 15) is 4.79 Å². The number of ether oxygens (including phenoxy) is 1. The Morgan fingerprint density at radius 1 is 1.15 bits per heavy atom. The summed E-state index contributed by atoms with van der Waals surface area (Å²) < 4.78 is 5.47. The van der Waals surface area contributed by atoms with Gasteiger partial charge in [0.2, 0.25) is 0 Å². The van der Waals surface area contributed by atoms with Crippen molar-refractivity contribution in [3.8, 4) is 0 Å². The summed E-state index contributed by atoms with van der Waals surface area (Å²) in [4.78, 5) is 23.5. The Morgan fingerprint density at radius 3 is 2.48 bits per heavy atom. The maximum absolute atomic E-state index is 12.2. The van der Waals surface area contributed by atoms with Crippen molar-refractivity contribution in [2.75, 3.05) is 44.2 Å². The number of hydrogen-bond donors (Lipinski definition) is 0. The average Bonchev–Trinajstić information content (AvgIpc) is 2.67. The number of aromatic nitrogens is 1. The summed E-state index contributed by atoms with van der Waals surface area (Å²) in [6, 6.07) is 4.89. The van der Waals surface area contributed by atoms with Crippen molar-refractivity contribution in [2.45, 2.75) is 58.6 Å². The van der Waals surface area contributed by atoms with Crippen LogP contribution in [-0.4, -0.2) is 65.7 Å². The molecule has 0 saturated carbocycles. The Morgan fingerprint density at radius 2 is 1.89 bits per heavy atom. The van der Waals surface area contributed by atoms with E-state index in [2.05, 4.69) is 28.9 Å². The predicted molar refractivity (Wildman–Crippen MR) is 108 cm³/mol. The van der Waals surface area contributed by atoms with Gasteiger partial charge in [-0.1, -0.05) is 19.4 Å². The second kappa shape index (κ2) is 8.46. The molecule has 2 fully saturated rings. The molecule has 27 heavy (non-hydrogen) atoms. The summed E-state index contributed by atoms with van der Waals surface area (Å²) in [7, 11) is 0. The number of amides is 1. The zero-order valence-electron chi connectivity index (χ0n) is 17.3. The first-order valence-electron chi connectivity index (χ1n) is 10.3. The minimum absolute atomic E-state index is 0.220. The molecule has 0 aliphatic carbocycles. The van der Waals surface area contributed by atoms with Crippen LogP contribution in [0.1, 0.15) is 58.6 Å². The van der Waals surface area contributed by atoms with E-state index in [0.717, 1.165) is 25.5 Å². The Balaban J connectivity index is 1.56. The van der Waals surface area contributed by atoms with E-state index in [-0.39, 0.29) is 6.09 Å². The Labute approximate surface area is 163 Å². The van der Waals surface area contributed by atoms with Gasteiger partial charge in [-0.15, -0.1) is 0 Å². The molecule has 0 radical (unpaired) electrons. The van der Waals surface area contributed by atoms with Crippen LogP contribution in [0.5, 0.6) is 0 Å². The van der Waals surface area contributed by atoms with Gasteiger partial charge in [0, 0.05) is 38.4 Å². The Kier molecular flexibility index (Phi) is 6.25. The number of anilines is 1. The SMILES string of the molecule is CCN1CCCC[C@H]1c1ccc(N2CCN(C(=O)OC(C)(C)C)CC2)nc1. The average molecular weight is 375 g/mol. The monoisotopic (exact) mass is 374 g/mol. The van der Waals surface area contributed by atoms with Gasteiger partial charge >= 0.3 is 6.09 Å². The number of rotatable bonds is 3. The van der Waals surface area contributed by atoms with Gasteiger partial charge in [-0.2, -0.15) is 0 Å². The molecule has 0 bridgehead atoms. The lowest BCUT2D eigenvalue weighted by Crippen LogP contribution is -2.50. The molecule has 2 saturated heterocycles. The summed E-state index contributed by atoms with van der Waals surface area (Å²) in [6.07, 6.45) is 5.66. The molecule has 1 aromatic heterocycles. The van der Waals surface area contributed by atoms with E-state index in [1.54, 1.807) is 4.90 Å². The van der Waals surface area contributed by atoms with Crippen LogP contribution in [0.15, 0.2) is 18.3 Å². The molecular weight excluding hydrogens is 340 g/mol. The molecule has 0 N–H and O–H groups in total. The molecule has 1 atom stereocenters. The van der Waals surface area contributed by atoms with E-state index < -0.39 is 5.60 Å². The second-order valence-electron chi connectivity index (χ2n) is 8.54. The van der Waals surface area contributed by atoms with E-state index in [4.69, 9.17) is 9.72 Å². The van der Waals surface area contributed by atoms with Gasteiger partial charge in [-0.05, 0) is 58.3 Å². The summed E-state index contributed by atoms with van der Waals surface area (Å²) in [5.74, 6) is 1.00. The van der Waals surface area contributed by atoms with Crippen molar-refractivity contribution >= 4 is 11.9 Å². The number of carbonyl (C=O) groups excluding carboxylic acids is 1. The van der Waals surface area contributed by atoms with Crippen molar-refractivity contribution in [3.05, 3.63) is 23.9 Å². The molecule has 3 heterocycles. The van der Waals surface area contributed by atoms with Crippen LogP contribution in [0.2, 0.25) is 0 Å². The number of piperidine rings is 1. The smallest absolute Gasteiger partial charge is 0.410 e. The van der Waals surface area contributed by atoms with Gasteiger partial charge in [0.15, 0.2) is 0 Å². The fraction of sp³-hybridized carbons (Fsp3) is 0.714. The van der Waals surface area contributed by atoms with Crippen molar-refractivity contribution in [3.63, 3.8) is 0 Å². The molecule has 1 amide bonds. The van der Waals surface area contributed by atoms with Crippen LogP contribution in [-0.2, 0) is 4.74 Å². The third-order valence-electron chi connectivity index (χ3n) is 5.43. The van der Waals surface area contributed by atoms with Gasteiger partial charge in [-0.3, -0.25) is 4.90 Å². The first kappa shape index (κ1) is 19.9. The zero-order valence-corrected chi connectivity index (χ0v) is 17.3. The molecule has 0 aromatic carbocycles. The number of nitrogens with zero attached hydrogens (tertiary/aromatic N) is 4. The maximum atomic E-state index is 12.2. The minimum Gasteiger partial charge on any atom is -0.444 e. The van der Waals surface area contributed by atoms with Gasteiger partial charge < -0.3 is 14.5 Å². The van der Waals surface area contributed by atoms with Gasteiger partial charge in [-0.25, -0.2) is 9.78 Å². The highest BCUT2D eigenvalue weighted by Gasteiger charge is 2.27. The van der Waals surface area contributed by atoms with Crippen LogP contribution in [0, 0.1) is 0 Å². The van der Waals surface area contributed by atoms with E-state index >= 15 is 0 Å². The molecule has 6 heteroatoms. The quantitative estimate of drug-likeness (QED) is 0.808. The summed E-state index contributed by atoms with van der Waals surface area (Å²) in [6.45, 7) is 13.1. The lowest BCUT2D eigenvalue weighted by Gasteiger charge is -2.37. The highest BCUT2D eigenvalue weighted by molar-refractivity contribution is 5.68. The lowest BCUT2D eigenvalue weighted by molar-refractivity contribution is 0.0240. The highest BCUT2D eigenvalue weighted by Crippen LogP contribution is 2.30. The molecule has 150 valence electrons. The Hall–Kier alpha value is -1.82. The number of piperazine rings is 1. The molecule has 6 nitrogen and oxygen atoms in total. The predicted octanol–water partition coefficient (Wildman–Crippen LogP) is 3.69. The summed E-state index contributed by atoms with van der Waals surface area (Å²) >= 11 is 0. The molecule has 0 unspecified atom stereocenters. The van der Waals surface area contributed by atoms with Gasteiger partial charge in [0.05, 0.1) is 0 Å². The van der Waals surface area contributed by atoms with Gasteiger partial charge in [0.1, 0.15) is 11.4 Å². The van der Waals surface area contributed by atoms with Crippen LogP contribution < -0.4 is 4.90 Å². The molecular formula is C21H34N4O2. The van der Waals surface area contributed by atoms with Crippen molar-refractivity contribution in [1.29, 1.82) is 0 Å². The van der Waals surface area contributed by atoms with Crippen LogP contribution in [0.3, 0.4) is 0 Å². The highest BCUT2D eigenvalue weighted by atomic mass is 16.6. The third-order valence-corrected chi connectivity index (χ3v) is 5.43. The summed E-state index contributed by atoms with van der Waals surface area (Å²) in [5, 5.41) is 0. The topological polar surface area (TPSA) is 48.9 Å². The van der Waals surface area contributed by atoms with E-state index in [0.29, 0.717) is 19.1 Å². The van der Waals surface area contributed by atoms with Crippen molar-refractivity contribution in [2.24, 2.45) is 0 Å².